The van der Waals surface area contributed by atoms with E-state index in [1.165, 1.54) is 0 Å². The lowest BCUT2D eigenvalue weighted by Gasteiger charge is -2.24. The van der Waals surface area contributed by atoms with E-state index < -0.39 is 12.0 Å². The first-order valence-electron chi connectivity index (χ1n) is 8.53. The van der Waals surface area contributed by atoms with E-state index in [9.17, 15) is 4.79 Å². The Bertz CT molecular complexity index is 939. The van der Waals surface area contributed by atoms with Crippen molar-refractivity contribution in [1.82, 2.24) is 24.4 Å². The van der Waals surface area contributed by atoms with E-state index in [0.29, 0.717) is 5.65 Å². The summed E-state index contributed by atoms with van der Waals surface area (Å²) < 4.78 is 20.8. The summed E-state index contributed by atoms with van der Waals surface area (Å²) in [5.41, 5.74) is 0.277. The molecule has 146 valence electrons. The van der Waals surface area contributed by atoms with E-state index in [-0.39, 0.29) is 35.3 Å². The summed E-state index contributed by atoms with van der Waals surface area (Å²) in [4.78, 5) is 29.6. The molecule has 2 aromatic heterocycles. The second-order valence-corrected chi connectivity index (χ2v) is 8.09. The van der Waals surface area contributed by atoms with E-state index in [0.717, 1.165) is 4.43 Å². The molecule has 2 aliphatic heterocycles. The van der Waals surface area contributed by atoms with Gasteiger partial charge in [-0.2, -0.15) is 4.98 Å². The monoisotopic (exact) mass is 488 g/mol. The van der Waals surface area contributed by atoms with E-state index in [2.05, 4.69) is 42.5 Å². The molecule has 10 nitrogen and oxygen atoms in total. The lowest BCUT2D eigenvalue weighted by atomic mass is 10.1. The van der Waals surface area contributed by atoms with Crippen LogP contribution in [0, 0.1) is 0 Å². The maximum Gasteiger partial charge on any atom is 0.280 e. The fraction of sp³-hybridized carbons (Fsp3) is 0.625. The third-order valence-electron chi connectivity index (χ3n) is 4.38. The van der Waals surface area contributed by atoms with Crippen LogP contribution in [-0.4, -0.2) is 73.4 Å². The second-order valence-electron chi connectivity index (χ2n) is 7.21. The molecule has 4 rings (SSSR count). The third-order valence-corrected chi connectivity index (χ3v) is 5.25. The van der Waals surface area contributed by atoms with Gasteiger partial charge in [0, 0.05) is 18.5 Å². The van der Waals surface area contributed by atoms with Gasteiger partial charge in [-0.15, -0.1) is 0 Å². The summed E-state index contributed by atoms with van der Waals surface area (Å²) in [6.45, 7) is 3.77. The number of aromatic amines is 1. The average Bonchev–Trinajstić information content (AvgIpc) is 3.23. The van der Waals surface area contributed by atoms with Crippen molar-refractivity contribution in [3.63, 3.8) is 0 Å². The number of halogens is 1. The number of imidazole rings is 1. The van der Waals surface area contributed by atoms with E-state index in [1.807, 2.05) is 27.9 Å². The molecule has 0 amide bonds. The van der Waals surface area contributed by atoms with Crippen LogP contribution in [0.25, 0.3) is 11.2 Å². The van der Waals surface area contributed by atoms with Crippen molar-refractivity contribution < 1.29 is 14.2 Å². The van der Waals surface area contributed by atoms with Gasteiger partial charge in [-0.3, -0.25) is 14.3 Å². The average molecular weight is 488 g/mol. The molecule has 0 radical (unpaired) electrons. The highest BCUT2D eigenvalue weighted by Gasteiger charge is 2.55. The first kappa shape index (κ1) is 18.8. The summed E-state index contributed by atoms with van der Waals surface area (Å²) in [6, 6.07) is 0. The second kappa shape index (κ2) is 6.79. The Hall–Kier alpha value is -1.57. The van der Waals surface area contributed by atoms with Gasteiger partial charge in [0.2, 0.25) is 5.95 Å². The van der Waals surface area contributed by atoms with Gasteiger partial charge in [-0.1, -0.05) is 22.6 Å². The quantitative estimate of drug-likeness (QED) is 0.298. The number of H-pyrrole nitrogens is 1. The molecular weight excluding hydrogens is 467 g/mol. The predicted octanol–water partition coefficient (Wildman–Crippen LogP) is 1.19. The summed E-state index contributed by atoms with van der Waals surface area (Å²) in [7, 11) is 3.67. The fourth-order valence-corrected chi connectivity index (χ4v) is 4.05. The van der Waals surface area contributed by atoms with Crippen LogP contribution < -0.4 is 5.56 Å². The first-order chi connectivity index (χ1) is 12.8. The maximum atomic E-state index is 12.4. The van der Waals surface area contributed by atoms with Crippen LogP contribution in [0.1, 0.15) is 20.1 Å². The Labute approximate surface area is 169 Å². The lowest BCUT2D eigenvalue weighted by molar-refractivity contribution is -0.193. The number of hydrogen-bond acceptors (Lipinski definition) is 7. The molecule has 0 unspecified atom stereocenters. The zero-order chi connectivity index (χ0) is 19.3. The minimum Gasteiger partial charge on any atom is -0.369 e. The Morgan fingerprint density at radius 1 is 1.41 bits per heavy atom. The zero-order valence-electron chi connectivity index (χ0n) is 15.4. The molecule has 2 aromatic rings. The van der Waals surface area contributed by atoms with E-state index in [4.69, 9.17) is 14.2 Å². The lowest BCUT2D eigenvalue weighted by Crippen LogP contribution is -2.30. The van der Waals surface area contributed by atoms with Crippen LogP contribution >= 0.6 is 22.6 Å². The van der Waals surface area contributed by atoms with Crippen LogP contribution in [0.5, 0.6) is 0 Å². The molecule has 4 heterocycles. The Balaban J connectivity index is 1.76. The zero-order valence-corrected chi connectivity index (χ0v) is 17.6. The van der Waals surface area contributed by atoms with Gasteiger partial charge in [0.05, 0.1) is 18.8 Å². The number of nitrogens with one attached hydrogen (secondary N) is 1. The van der Waals surface area contributed by atoms with Crippen molar-refractivity contribution >= 4 is 46.0 Å². The molecule has 0 saturated carbocycles. The van der Waals surface area contributed by atoms with Gasteiger partial charge in [-0.25, -0.2) is 9.98 Å². The third kappa shape index (κ3) is 3.37. The van der Waals surface area contributed by atoms with Gasteiger partial charge in [0.15, 0.2) is 23.2 Å². The molecule has 2 aliphatic rings. The minimum absolute atomic E-state index is 0.118. The molecule has 2 fully saturated rings. The van der Waals surface area contributed by atoms with Crippen molar-refractivity contribution in [2.24, 2.45) is 4.99 Å². The largest absolute Gasteiger partial charge is 0.369 e. The van der Waals surface area contributed by atoms with Crippen LogP contribution in [0.4, 0.5) is 5.95 Å². The van der Waals surface area contributed by atoms with Crippen LogP contribution in [0.3, 0.4) is 0 Å². The number of ether oxygens (including phenoxy) is 3. The summed E-state index contributed by atoms with van der Waals surface area (Å²) >= 11 is 2.27. The topological polar surface area (TPSA) is 107 Å². The normalized spacial score (nSPS) is 29.7. The van der Waals surface area contributed by atoms with Crippen molar-refractivity contribution in [3.05, 3.63) is 16.7 Å². The highest BCUT2D eigenvalue weighted by Crippen LogP contribution is 2.44. The van der Waals surface area contributed by atoms with Crippen molar-refractivity contribution in [2.45, 2.75) is 44.2 Å². The van der Waals surface area contributed by atoms with Gasteiger partial charge in [-0.05, 0) is 13.8 Å². The van der Waals surface area contributed by atoms with Gasteiger partial charge >= 0.3 is 0 Å². The van der Waals surface area contributed by atoms with Crippen molar-refractivity contribution in [3.8, 4) is 0 Å². The van der Waals surface area contributed by atoms with Gasteiger partial charge < -0.3 is 19.1 Å². The van der Waals surface area contributed by atoms with Crippen LogP contribution in [0.2, 0.25) is 0 Å². The minimum atomic E-state index is -0.691. The molecule has 0 aliphatic carbocycles. The number of hydrogen-bond donors (Lipinski definition) is 1. The van der Waals surface area contributed by atoms with Gasteiger partial charge in [0.25, 0.3) is 5.56 Å². The summed E-state index contributed by atoms with van der Waals surface area (Å²) in [5.74, 6) is -0.490. The number of alkyl halides is 1. The molecule has 1 N–H and O–H groups in total. The smallest absolute Gasteiger partial charge is 0.280 e. The van der Waals surface area contributed by atoms with Crippen LogP contribution in [0.15, 0.2) is 16.1 Å². The Morgan fingerprint density at radius 3 is 2.85 bits per heavy atom. The molecule has 0 bridgehead atoms. The number of rotatable bonds is 4. The molecule has 27 heavy (non-hydrogen) atoms. The Kier molecular flexibility index (Phi) is 4.72. The van der Waals surface area contributed by atoms with E-state index >= 15 is 0 Å². The number of nitrogens with zero attached hydrogens (tertiary/aromatic N) is 5. The molecule has 4 atom stereocenters. The van der Waals surface area contributed by atoms with Crippen molar-refractivity contribution in [2.75, 3.05) is 18.5 Å². The SMILES string of the molecule is CN(C)/C=N/c1nc2c(ncn2[C@@H]2O[C@H](CI)[C@H]3OC(C)(C)O[C@H]32)c(=O)[nH]1. The molecule has 2 saturated heterocycles. The first-order valence-corrected chi connectivity index (χ1v) is 10.1. The standard InChI is InChI=1S/C16H21IN6O4/c1-16(2)26-10-8(5-17)25-14(11(10)27-16)23-7-18-9-12(23)20-15(21-13(9)24)19-6-22(3)4/h6-8,10-11,14H,5H2,1-4H3,(H,20,21,24)/b19-6+/t8-,10-,11-,14-/m1/s1. The number of fused-ring (bicyclic) bond motifs is 2. The van der Waals surface area contributed by atoms with E-state index in [1.54, 1.807) is 22.1 Å². The Morgan fingerprint density at radius 2 is 2.15 bits per heavy atom. The molecule has 11 heteroatoms. The number of aromatic nitrogens is 4. The summed E-state index contributed by atoms with van der Waals surface area (Å²) in [6.07, 6.45) is 2.02. The predicted molar refractivity (Wildman–Crippen MR) is 107 cm³/mol. The maximum absolute atomic E-state index is 12.4. The van der Waals surface area contributed by atoms with Crippen LogP contribution in [-0.2, 0) is 14.2 Å². The molecule has 0 aromatic carbocycles. The summed E-state index contributed by atoms with van der Waals surface area (Å²) in [5, 5.41) is 0. The van der Waals surface area contributed by atoms with Gasteiger partial charge in [0.1, 0.15) is 12.2 Å². The molecular formula is C16H21IN6O4. The van der Waals surface area contributed by atoms with Crippen molar-refractivity contribution in [1.29, 1.82) is 0 Å². The molecule has 0 spiro atoms. The fourth-order valence-electron chi connectivity index (χ4n) is 3.34. The number of aliphatic imine (C=N–C) groups is 1. The highest BCUT2D eigenvalue weighted by atomic mass is 127. The highest BCUT2D eigenvalue weighted by molar-refractivity contribution is 14.1.